The molecule has 0 saturated carbocycles. The second-order valence-electron chi connectivity index (χ2n) is 11.0. The molecule has 3 heterocycles. The minimum atomic E-state index is -1.19. The maximum absolute atomic E-state index is 14.6. The van der Waals surface area contributed by atoms with Crippen molar-refractivity contribution in [1.29, 1.82) is 0 Å². The zero-order valence-corrected chi connectivity index (χ0v) is 24.0. The summed E-state index contributed by atoms with van der Waals surface area (Å²) >= 11 is 1.46. The number of aryl methyl sites for hydroxylation is 2. The summed E-state index contributed by atoms with van der Waals surface area (Å²) in [6.45, 7) is 9.48. The number of benzene rings is 2. The Balaban J connectivity index is 1.39. The van der Waals surface area contributed by atoms with E-state index in [0.717, 1.165) is 26.2 Å². The van der Waals surface area contributed by atoms with E-state index in [1.165, 1.54) is 16.2 Å². The summed E-state index contributed by atoms with van der Waals surface area (Å²) in [4.78, 5) is 28.4. The highest BCUT2D eigenvalue weighted by Crippen LogP contribution is 2.41. The van der Waals surface area contributed by atoms with E-state index < -0.39 is 17.9 Å². The molecule has 5 rings (SSSR count). The van der Waals surface area contributed by atoms with Crippen molar-refractivity contribution < 1.29 is 18.7 Å². The van der Waals surface area contributed by atoms with E-state index in [1.807, 2.05) is 44.2 Å². The minimum absolute atomic E-state index is 0.00589. The van der Waals surface area contributed by atoms with Crippen molar-refractivity contribution >= 4 is 39.8 Å². The molecule has 0 unspecified atom stereocenters. The van der Waals surface area contributed by atoms with Gasteiger partial charge in [0.15, 0.2) is 0 Å². The van der Waals surface area contributed by atoms with Crippen molar-refractivity contribution in [2.45, 2.75) is 58.9 Å². The van der Waals surface area contributed by atoms with Crippen molar-refractivity contribution in [3.63, 3.8) is 0 Å². The third-order valence-electron chi connectivity index (χ3n) is 6.39. The van der Waals surface area contributed by atoms with E-state index in [-0.39, 0.29) is 25.6 Å². The minimum Gasteiger partial charge on any atom is -0.444 e. The van der Waals surface area contributed by atoms with Crippen molar-refractivity contribution in [2.75, 3.05) is 24.1 Å². The summed E-state index contributed by atoms with van der Waals surface area (Å²) in [6, 6.07) is 11.1. The molecule has 2 aromatic heterocycles. The fraction of sp³-hybridized carbons (Fsp3) is 0.379. The van der Waals surface area contributed by atoms with Gasteiger partial charge >= 0.3 is 6.09 Å². The molecule has 2 atom stereocenters. The first-order valence-electron chi connectivity index (χ1n) is 13.1. The number of hydrogen-bond acceptors (Lipinski definition) is 9. The quantitative estimate of drug-likeness (QED) is 0.264. The number of thiazole rings is 1. The van der Waals surface area contributed by atoms with Crippen molar-refractivity contribution in [3.8, 4) is 22.2 Å². The van der Waals surface area contributed by atoms with E-state index in [4.69, 9.17) is 20.2 Å². The zero-order valence-electron chi connectivity index (χ0n) is 23.2. The highest BCUT2D eigenvalue weighted by molar-refractivity contribution is 7.15. The number of nitrogens with zero attached hydrogens (tertiary/aromatic N) is 4. The predicted octanol–water partition coefficient (Wildman–Crippen LogP) is 6.50. The van der Waals surface area contributed by atoms with Gasteiger partial charge in [-0.15, -0.1) is 11.3 Å². The van der Waals surface area contributed by atoms with Crippen LogP contribution in [0.2, 0.25) is 0 Å². The molecule has 1 amide bonds. The predicted molar refractivity (Wildman–Crippen MR) is 156 cm³/mol. The Morgan fingerprint density at radius 3 is 2.65 bits per heavy atom. The van der Waals surface area contributed by atoms with Crippen molar-refractivity contribution in [1.82, 2.24) is 19.9 Å². The van der Waals surface area contributed by atoms with E-state index in [9.17, 15) is 9.18 Å². The number of amides is 1. The standard InChI is InChI=1S/C29H33FN6O3S/c1-16-12-22(31)20-8-6-7-9-21(20)24(16)38-26-25(40-17(2)33-26)23-10-11-32-27(35-23)34-19-13-18(30)14-36(15-19)28(37)39-29(3,4)5/h6-12,18-19H,13-15,31H2,1-5H3,(H,32,34,35)/t18-,19-/m0/s1. The molecule has 1 saturated heterocycles. The van der Waals surface area contributed by atoms with Crippen LogP contribution in [0.15, 0.2) is 42.6 Å². The number of nitrogens with two attached hydrogens (primary N) is 1. The molecule has 0 radical (unpaired) electrons. The van der Waals surface area contributed by atoms with Gasteiger partial charge in [0.05, 0.1) is 17.2 Å². The van der Waals surface area contributed by atoms with Gasteiger partial charge in [0.1, 0.15) is 22.4 Å². The SMILES string of the molecule is Cc1nc(Oc2c(C)cc(N)c3ccccc23)c(-c2ccnc(N[C@H]3C[C@H](F)CN(C(=O)OC(C)(C)C)C3)n2)s1. The maximum Gasteiger partial charge on any atom is 0.410 e. The van der Waals surface area contributed by atoms with Gasteiger partial charge in [-0.2, -0.15) is 0 Å². The number of nitrogen functional groups attached to an aromatic ring is 1. The Morgan fingerprint density at radius 2 is 1.90 bits per heavy atom. The van der Waals surface area contributed by atoms with Gasteiger partial charge in [-0.25, -0.2) is 24.1 Å². The van der Waals surface area contributed by atoms with E-state index in [0.29, 0.717) is 29.0 Å². The molecule has 210 valence electrons. The van der Waals surface area contributed by atoms with Crippen LogP contribution in [-0.2, 0) is 4.74 Å². The lowest BCUT2D eigenvalue weighted by Gasteiger charge is -2.36. The first-order chi connectivity index (χ1) is 19.0. The molecule has 1 aliphatic heterocycles. The number of fused-ring (bicyclic) bond motifs is 1. The molecule has 9 nitrogen and oxygen atoms in total. The number of anilines is 2. The summed E-state index contributed by atoms with van der Waals surface area (Å²) in [5, 5.41) is 5.82. The molecular formula is C29H33FN6O3S. The average molecular weight is 565 g/mol. The van der Waals surface area contributed by atoms with Crippen LogP contribution in [0.1, 0.15) is 37.8 Å². The Morgan fingerprint density at radius 1 is 1.15 bits per heavy atom. The maximum atomic E-state index is 14.6. The summed E-state index contributed by atoms with van der Waals surface area (Å²) in [5.41, 5.74) is 7.79. The number of piperidine rings is 1. The highest BCUT2D eigenvalue weighted by Gasteiger charge is 2.33. The second kappa shape index (κ2) is 10.9. The van der Waals surface area contributed by atoms with Gasteiger partial charge in [0.2, 0.25) is 11.8 Å². The molecule has 3 N–H and O–H groups in total. The Hall–Kier alpha value is -3.99. The second-order valence-corrected chi connectivity index (χ2v) is 12.2. The van der Waals surface area contributed by atoms with Crippen molar-refractivity contribution in [2.24, 2.45) is 0 Å². The molecule has 11 heteroatoms. The summed E-state index contributed by atoms with van der Waals surface area (Å²) in [5.74, 6) is 1.44. The van der Waals surface area contributed by atoms with Crippen LogP contribution in [0.3, 0.4) is 0 Å². The molecule has 1 aliphatic rings. The first kappa shape index (κ1) is 27.6. The monoisotopic (exact) mass is 564 g/mol. The van der Waals surface area contributed by atoms with Gasteiger partial charge in [0.25, 0.3) is 0 Å². The van der Waals surface area contributed by atoms with Crippen LogP contribution in [-0.4, -0.2) is 56.8 Å². The summed E-state index contributed by atoms with van der Waals surface area (Å²) < 4.78 is 26.5. The summed E-state index contributed by atoms with van der Waals surface area (Å²) in [6.07, 6.45) is 0.131. The van der Waals surface area contributed by atoms with Crippen LogP contribution in [0, 0.1) is 13.8 Å². The van der Waals surface area contributed by atoms with Crippen molar-refractivity contribution in [3.05, 3.63) is 53.2 Å². The van der Waals surface area contributed by atoms with Gasteiger partial charge in [-0.3, -0.25) is 0 Å². The fourth-order valence-electron chi connectivity index (χ4n) is 4.75. The number of aromatic nitrogens is 3. The number of rotatable bonds is 5. The molecule has 1 fully saturated rings. The Kier molecular flexibility index (Phi) is 7.50. The molecule has 0 spiro atoms. The zero-order chi connectivity index (χ0) is 28.6. The lowest BCUT2D eigenvalue weighted by atomic mass is 10.0. The van der Waals surface area contributed by atoms with Gasteiger partial charge in [0, 0.05) is 41.7 Å². The molecule has 4 aromatic rings. The Labute approximate surface area is 236 Å². The van der Waals surface area contributed by atoms with Crippen LogP contribution < -0.4 is 15.8 Å². The van der Waals surface area contributed by atoms with Gasteiger partial charge in [-0.1, -0.05) is 24.3 Å². The number of alkyl halides is 1. The smallest absolute Gasteiger partial charge is 0.410 e. The topological polar surface area (TPSA) is 115 Å². The number of carbonyl (C=O) groups excluding carboxylic acids is 1. The molecule has 0 aliphatic carbocycles. The molecular weight excluding hydrogens is 531 g/mol. The number of ether oxygens (including phenoxy) is 2. The van der Waals surface area contributed by atoms with E-state index in [1.54, 1.807) is 33.0 Å². The largest absolute Gasteiger partial charge is 0.444 e. The average Bonchev–Trinajstić information content (AvgIpc) is 3.25. The number of hydrogen-bond donors (Lipinski definition) is 2. The number of nitrogens with one attached hydrogen (secondary N) is 1. The number of carbonyl (C=O) groups is 1. The van der Waals surface area contributed by atoms with E-state index >= 15 is 0 Å². The number of halogens is 1. The fourth-order valence-corrected chi connectivity index (χ4v) is 5.56. The van der Waals surface area contributed by atoms with Crippen LogP contribution in [0.4, 0.5) is 20.8 Å². The normalized spacial score (nSPS) is 17.6. The van der Waals surface area contributed by atoms with Crippen LogP contribution in [0.25, 0.3) is 21.3 Å². The highest BCUT2D eigenvalue weighted by atomic mass is 32.1. The molecule has 40 heavy (non-hydrogen) atoms. The van der Waals surface area contributed by atoms with Gasteiger partial charge < -0.3 is 25.4 Å². The Bertz CT molecular complexity index is 1550. The first-order valence-corrected chi connectivity index (χ1v) is 13.9. The van der Waals surface area contributed by atoms with Gasteiger partial charge in [-0.05, 0) is 52.3 Å². The third-order valence-corrected chi connectivity index (χ3v) is 7.36. The molecule has 2 aromatic carbocycles. The van der Waals surface area contributed by atoms with Crippen LogP contribution >= 0.6 is 11.3 Å². The third kappa shape index (κ3) is 6.09. The van der Waals surface area contributed by atoms with Crippen LogP contribution in [0.5, 0.6) is 11.6 Å². The van der Waals surface area contributed by atoms with E-state index in [2.05, 4.69) is 15.3 Å². The molecule has 0 bridgehead atoms. The lowest BCUT2D eigenvalue weighted by molar-refractivity contribution is 0.0124. The number of likely N-dealkylation sites (tertiary alicyclic amines) is 1. The lowest BCUT2D eigenvalue weighted by Crippen LogP contribution is -2.51. The summed E-state index contributed by atoms with van der Waals surface area (Å²) in [7, 11) is 0.